The van der Waals surface area contributed by atoms with Crippen molar-refractivity contribution in [2.24, 2.45) is 5.73 Å². The predicted molar refractivity (Wildman–Crippen MR) is 61.0 cm³/mol. The lowest BCUT2D eigenvalue weighted by atomic mass is 10.2. The van der Waals surface area contributed by atoms with Crippen molar-refractivity contribution in [3.63, 3.8) is 0 Å². The first-order valence-corrected chi connectivity index (χ1v) is 5.26. The number of hydrogen-bond acceptors (Lipinski definition) is 2. The van der Waals surface area contributed by atoms with Crippen LogP contribution in [0.4, 0.5) is 4.39 Å². The minimum atomic E-state index is -0.183. The third-order valence-corrected chi connectivity index (χ3v) is 2.33. The van der Waals surface area contributed by atoms with Crippen LogP contribution in [0.25, 0.3) is 0 Å². The minimum Gasteiger partial charge on any atom is -0.328 e. The number of benzene rings is 1. The third kappa shape index (κ3) is 4.91. The molecular formula is C12H19FN2. The molecule has 1 unspecified atom stereocenters. The Kier molecular flexibility index (Phi) is 4.72. The Labute approximate surface area is 90.9 Å². The first-order valence-electron chi connectivity index (χ1n) is 5.26. The van der Waals surface area contributed by atoms with Crippen molar-refractivity contribution in [3.8, 4) is 0 Å². The van der Waals surface area contributed by atoms with Gasteiger partial charge in [-0.15, -0.1) is 0 Å². The van der Waals surface area contributed by atoms with Crippen LogP contribution in [0.3, 0.4) is 0 Å². The normalized spacial score (nSPS) is 13.1. The Hall–Kier alpha value is -0.930. The van der Waals surface area contributed by atoms with Gasteiger partial charge in [0.25, 0.3) is 0 Å². The largest absolute Gasteiger partial charge is 0.328 e. The molecule has 0 saturated heterocycles. The van der Waals surface area contributed by atoms with E-state index in [1.165, 1.54) is 12.1 Å². The van der Waals surface area contributed by atoms with E-state index in [9.17, 15) is 4.39 Å². The van der Waals surface area contributed by atoms with E-state index < -0.39 is 0 Å². The summed E-state index contributed by atoms with van der Waals surface area (Å²) in [6.45, 7) is 3.81. The Morgan fingerprint density at radius 2 is 1.93 bits per heavy atom. The monoisotopic (exact) mass is 210 g/mol. The average Bonchev–Trinajstić information content (AvgIpc) is 2.19. The summed E-state index contributed by atoms with van der Waals surface area (Å²) < 4.78 is 12.6. The van der Waals surface area contributed by atoms with Crippen LogP contribution in [-0.2, 0) is 6.54 Å². The van der Waals surface area contributed by atoms with Crippen molar-refractivity contribution in [2.75, 3.05) is 13.6 Å². The highest BCUT2D eigenvalue weighted by Crippen LogP contribution is 2.05. The maximum atomic E-state index is 12.6. The minimum absolute atomic E-state index is 0.183. The lowest BCUT2D eigenvalue weighted by Gasteiger charge is -2.17. The number of rotatable bonds is 5. The fraction of sp³-hybridized carbons (Fsp3) is 0.500. The molecule has 3 heteroatoms. The number of hydrogen-bond donors (Lipinski definition) is 1. The molecule has 0 aliphatic heterocycles. The molecule has 1 rings (SSSR count). The second-order valence-electron chi connectivity index (χ2n) is 4.13. The topological polar surface area (TPSA) is 29.3 Å². The number of nitrogens with two attached hydrogens (primary N) is 1. The molecule has 1 aromatic rings. The molecule has 0 spiro atoms. The highest BCUT2D eigenvalue weighted by Gasteiger charge is 2.02. The molecule has 1 atom stereocenters. The summed E-state index contributed by atoms with van der Waals surface area (Å²) in [5, 5.41) is 0. The fourth-order valence-corrected chi connectivity index (χ4v) is 1.40. The van der Waals surface area contributed by atoms with Gasteiger partial charge < -0.3 is 10.6 Å². The van der Waals surface area contributed by atoms with E-state index in [-0.39, 0.29) is 11.9 Å². The maximum absolute atomic E-state index is 12.6. The molecule has 84 valence electrons. The Morgan fingerprint density at radius 1 is 1.33 bits per heavy atom. The van der Waals surface area contributed by atoms with Crippen LogP contribution in [0.2, 0.25) is 0 Å². The molecule has 0 aromatic heterocycles. The van der Waals surface area contributed by atoms with E-state index in [4.69, 9.17) is 5.73 Å². The van der Waals surface area contributed by atoms with Crippen LogP contribution in [0, 0.1) is 5.82 Å². The van der Waals surface area contributed by atoms with Crippen LogP contribution >= 0.6 is 0 Å². The van der Waals surface area contributed by atoms with Gasteiger partial charge in [0.15, 0.2) is 0 Å². The van der Waals surface area contributed by atoms with Crippen molar-refractivity contribution in [2.45, 2.75) is 25.9 Å². The highest BCUT2D eigenvalue weighted by molar-refractivity contribution is 5.15. The van der Waals surface area contributed by atoms with Gasteiger partial charge in [-0.25, -0.2) is 4.39 Å². The van der Waals surface area contributed by atoms with Gasteiger partial charge in [-0.3, -0.25) is 0 Å². The van der Waals surface area contributed by atoms with Crippen LogP contribution in [0.1, 0.15) is 18.9 Å². The summed E-state index contributed by atoms with van der Waals surface area (Å²) in [5.41, 5.74) is 6.81. The summed E-state index contributed by atoms with van der Waals surface area (Å²) in [7, 11) is 2.05. The van der Waals surface area contributed by atoms with E-state index >= 15 is 0 Å². The zero-order chi connectivity index (χ0) is 11.3. The summed E-state index contributed by atoms with van der Waals surface area (Å²) in [5.74, 6) is -0.183. The van der Waals surface area contributed by atoms with Crippen LogP contribution in [0.15, 0.2) is 24.3 Å². The first kappa shape index (κ1) is 12.1. The standard InChI is InChI=1S/C12H19FN2/c1-10(14)7-8-15(2)9-11-3-5-12(13)6-4-11/h3-6,10H,7-9,14H2,1-2H3. The van der Waals surface area contributed by atoms with Crippen molar-refractivity contribution in [1.29, 1.82) is 0 Å². The van der Waals surface area contributed by atoms with Crippen LogP contribution < -0.4 is 5.73 Å². The Bertz CT molecular complexity index is 282. The summed E-state index contributed by atoms with van der Waals surface area (Å²) >= 11 is 0. The number of nitrogens with zero attached hydrogens (tertiary/aromatic N) is 1. The average molecular weight is 210 g/mol. The summed E-state index contributed by atoms with van der Waals surface area (Å²) in [6.07, 6.45) is 0.984. The quantitative estimate of drug-likeness (QED) is 0.805. The van der Waals surface area contributed by atoms with E-state index in [0.29, 0.717) is 0 Å². The molecule has 0 radical (unpaired) electrons. The number of halogens is 1. The molecule has 1 aromatic carbocycles. The van der Waals surface area contributed by atoms with Crippen molar-refractivity contribution in [1.82, 2.24) is 4.90 Å². The molecule has 2 nitrogen and oxygen atoms in total. The summed E-state index contributed by atoms with van der Waals surface area (Å²) in [4.78, 5) is 2.19. The van der Waals surface area contributed by atoms with Crippen molar-refractivity contribution < 1.29 is 4.39 Å². The lowest BCUT2D eigenvalue weighted by molar-refractivity contribution is 0.313. The second kappa shape index (κ2) is 5.83. The Morgan fingerprint density at radius 3 is 2.47 bits per heavy atom. The van der Waals surface area contributed by atoms with Gasteiger partial charge in [-0.2, -0.15) is 0 Å². The molecule has 0 bridgehead atoms. The SMILES string of the molecule is CC(N)CCN(C)Cc1ccc(F)cc1. The maximum Gasteiger partial charge on any atom is 0.123 e. The van der Waals surface area contributed by atoms with Gasteiger partial charge in [0, 0.05) is 12.6 Å². The van der Waals surface area contributed by atoms with Gasteiger partial charge in [-0.1, -0.05) is 12.1 Å². The van der Waals surface area contributed by atoms with Gasteiger partial charge in [-0.05, 0) is 44.6 Å². The molecule has 15 heavy (non-hydrogen) atoms. The van der Waals surface area contributed by atoms with Gasteiger partial charge in [0.2, 0.25) is 0 Å². The predicted octanol–water partition coefficient (Wildman–Crippen LogP) is 1.99. The van der Waals surface area contributed by atoms with Crippen LogP contribution in [-0.4, -0.2) is 24.5 Å². The molecule has 2 N–H and O–H groups in total. The van der Waals surface area contributed by atoms with E-state index in [1.807, 2.05) is 26.1 Å². The van der Waals surface area contributed by atoms with Gasteiger partial charge >= 0.3 is 0 Å². The third-order valence-electron chi connectivity index (χ3n) is 2.33. The van der Waals surface area contributed by atoms with Crippen molar-refractivity contribution in [3.05, 3.63) is 35.6 Å². The Balaban J connectivity index is 2.37. The molecular weight excluding hydrogens is 191 g/mol. The molecule has 0 heterocycles. The molecule has 0 aliphatic rings. The highest BCUT2D eigenvalue weighted by atomic mass is 19.1. The lowest BCUT2D eigenvalue weighted by Crippen LogP contribution is -2.25. The van der Waals surface area contributed by atoms with Gasteiger partial charge in [0.1, 0.15) is 5.82 Å². The molecule has 0 saturated carbocycles. The van der Waals surface area contributed by atoms with E-state index in [1.54, 1.807) is 0 Å². The fourth-order valence-electron chi connectivity index (χ4n) is 1.40. The van der Waals surface area contributed by atoms with Crippen molar-refractivity contribution >= 4 is 0 Å². The van der Waals surface area contributed by atoms with Crippen LogP contribution in [0.5, 0.6) is 0 Å². The molecule has 0 amide bonds. The summed E-state index contributed by atoms with van der Waals surface area (Å²) in [6, 6.07) is 6.86. The second-order valence-corrected chi connectivity index (χ2v) is 4.13. The van der Waals surface area contributed by atoms with E-state index in [0.717, 1.165) is 25.1 Å². The zero-order valence-corrected chi connectivity index (χ0v) is 9.41. The first-order chi connectivity index (χ1) is 7.08. The molecule has 0 fully saturated rings. The van der Waals surface area contributed by atoms with Gasteiger partial charge in [0.05, 0.1) is 0 Å². The zero-order valence-electron chi connectivity index (χ0n) is 9.41. The smallest absolute Gasteiger partial charge is 0.123 e. The molecule has 0 aliphatic carbocycles. The van der Waals surface area contributed by atoms with E-state index in [2.05, 4.69) is 4.90 Å².